The highest BCUT2D eigenvalue weighted by Gasteiger charge is 2.41. The Kier molecular flexibility index (Phi) is 5.93. The van der Waals surface area contributed by atoms with E-state index >= 15 is 0 Å². The molecule has 0 aromatic heterocycles. The van der Waals surface area contributed by atoms with Gasteiger partial charge in [-0.05, 0) is 44.0 Å². The summed E-state index contributed by atoms with van der Waals surface area (Å²) >= 11 is 6.01. The van der Waals surface area contributed by atoms with Gasteiger partial charge in [0.15, 0.2) is 0 Å². The van der Waals surface area contributed by atoms with Crippen LogP contribution in [0.3, 0.4) is 0 Å². The molecule has 6 nitrogen and oxygen atoms in total. The van der Waals surface area contributed by atoms with Crippen molar-refractivity contribution in [3.8, 4) is 5.75 Å². The third-order valence-electron chi connectivity index (χ3n) is 3.55. The van der Waals surface area contributed by atoms with Gasteiger partial charge >= 0.3 is 11.9 Å². The first-order valence-electron chi connectivity index (χ1n) is 6.61. The first-order chi connectivity index (χ1) is 10.1. The summed E-state index contributed by atoms with van der Waals surface area (Å²) in [6.07, 6.45) is -2.12. The van der Waals surface area contributed by atoms with Crippen molar-refractivity contribution < 1.29 is 29.6 Å². The summed E-state index contributed by atoms with van der Waals surface area (Å²) in [6, 6.07) is 3.14. The highest BCUT2D eigenvalue weighted by molar-refractivity contribution is 6.32. The molecule has 1 aromatic carbocycles. The second-order valence-corrected chi connectivity index (χ2v) is 5.82. The van der Waals surface area contributed by atoms with Crippen molar-refractivity contribution in [2.45, 2.75) is 33.3 Å². The van der Waals surface area contributed by atoms with Crippen LogP contribution in [0.25, 0.3) is 0 Å². The van der Waals surface area contributed by atoms with Crippen molar-refractivity contribution in [2.24, 2.45) is 5.41 Å². The van der Waals surface area contributed by atoms with Crippen LogP contribution in [-0.4, -0.2) is 40.0 Å². The molecular formula is C15H19ClO6. The summed E-state index contributed by atoms with van der Waals surface area (Å²) in [5.41, 5.74) is -0.364. The van der Waals surface area contributed by atoms with Gasteiger partial charge in [-0.15, -0.1) is 0 Å². The molecule has 0 saturated heterocycles. The van der Waals surface area contributed by atoms with E-state index in [1.54, 1.807) is 26.0 Å². The highest BCUT2D eigenvalue weighted by Crippen LogP contribution is 2.27. The number of aliphatic hydroxyl groups is 2. The number of carboxylic acid groups (broad SMARTS) is 1. The zero-order valence-corrected chi connectivity index (χ0v) is 13.3. The van der Waals surface area contributed by atoms with Crippen molar-refractivity contribution in [3.05, 3.63) is 28.3 Å². The van der Waals surface area contributed by atoms with Crippen LogP contribution in [0.1, 0.15) is 24.5 Å². The van der Waals surface area contributed by atoms with Crippen molar-refractivity contribution in [1.29, 1.82) is 0 Å². The number of halogens is 1. The van der Waals surface area contributed by atoms with E-state index in [-0.39, 0.29) is 5.75 Å². The first kappa shape index (κ1) is 18.4. The van der Waals surface area contributed by atoms with Gasteiger partial charge in [0.05, 0.1) is 19.1 Å². The predicted molar refractivity (Wildman–Crippen MR) is 80.0 cm³/mol. The van der Waals surface area contributed by atoms with E-state index in [1.165, 1.54) is 0 Å². The number of carboxylic acids is 1. The zero-order chi connectivity index (χ0) is 17.1. The molecule has 0 spiro atoms. The van der Waals surface area contributed by atoms with E-state index < -0.39 is 36.5 Å². The second kappa shape index (κ2) is 7.09. The molecule has 2 atom stereocenters. The van der Waals surface area contributed by atoms with E-state index in [0.29, 0.717) is 5.02 Å². The third-order valence-corrected chi connectivity index (χ3v) is 4.15. The van der Waals surface area contributed by atoms with E-state index in [1.807, 2.05) is 0 Å². The third kappa shape index (κ3) is 3.97. The molecule has 0 aliphatic rings. The summed E-state index contributed by atoms with van der Waals surface area (Å²) in [4.78, 5) is 22.9. The van der Waals surface area contributed by atoms with Gasteiger partial charge in [-0.1, -0.05) is 11.6 Å². The minimum absolute atomic E-state index is 0.262. The number of aryl methyl sites for hydroxylation is 2. The summed E-state index contributed by atoms with van der Waals surface area (Å²) in [5.74, 6) is -1.93. The molecule has 0 unspecified atom stereocenters. The Morgan fingerprint density at radius 1 is 1.32 bits per heavy atom. The number of hydrogen-bond acceptors (Lipinski definition) is 5. The number of ether oxygens (including phenoxy) is 1. The van der Waals surface area contributed by atoms with Crippen molar-refractivity contribution >= 4 is 23.5 Å². The maximum atomic E-state index is 11.8. The van der Waals surface area contributed by atoms with E-state index in [9.17, 15) is 14.7 Å². The summed E-state index contributed by atoms with van der Waals surface area (Å²) < 4.78 is 5.09. The molecule has 0 radical (unpaired) electrons. The van der Waals surface area contributed by atoms with E-state index in [4.69, 9.17) is 26.6 Å². The van der Waals surface area contributed by atoms with Gasteiger partial charge in [0.1, 0.15) is 11.2 Å². The van der Waals surface area contributed by atoms with E-state index in [2.05, 4.69) is 0 Å². The molecule has 0 aliphatic carbocycles. The lowest BCUT2D eigenvalue weighted by atomic mass is 9.83. The number of carbonyl (C=O) groups is 2. The van der Waals surface area contributed by atoms with Crippen LogP contribution in [0, 0.1) is 19.3 Å². The second-order valence-electron chi connectivity index (χ2n) is 5.45. The van der Waals surface area contributed by atoms with Crippen LogP contribution in [0.15, 0.2) is 12.1 Å². The molecule has 3 N–H and O–H groups in total. The monoisotopic (exact) mass is 330 g/mol. The Balaban J connectivity index is 2.81. The number of aliphatic hydroxyl groups excluding tert-OH is 2. The van der Waals surface area contributed by atoms with Gasteiger partial charge in [0.2, 0.25) is 0 Å². The fourth-order valence-electron chi connectivity index (χ4n) is 1.84. The molecule has 0 amide bonds. The van der Waals surface area contributed by atoms with Crippen LogP contribution in [0.4, 0.5) is 0 Å². The minimum atomic E-state index is -1.83. The maximum Gasteiger partial charge on any atom is 0.314 e. The molecule has 0 saturated carbocycles. The normalized spacial score (nSPS) is 15.0. The largest absolute Gasteiger partial charge is 0.481 e. The quantitative estimate of drug-likeness (QED) is 0.541. The number of esters is 1. The summed E-state index contributed by atoms with van der Waals surface area (Å²) in [6.45, 7) is 3.88. The topological polar surface area (TPSA) is 104 Å². The summed E-state index contributed by atoms with van der Waals surface area (Å²) in [7, 11) is 0. The highest BCUT2D eigenvalue weighted by atomic mass is 35.5. The van der Waals surface area contributed by atoms with Gasteiger partial charge in [0.25, 0.3) is 0 Å². The Hall–Kier alpha value is -1.63. The van der Waals surface area contributed by atoms with Crippen LogP contribution >= 0.6 is 11.6 Å². The molecule has 1 aromatic rings. The van der Waals surface area contributed by atoms with Gasteiger partial charge in [-0.25, -0.2) is 0 Å². The number of benzene rings is 1. The SMILES string of the molecule is Cc1cc(OC(=O)C[C@@H](O)[C@](C)(CO)C(=O)O)cc(C)c1Cl. The van der Waals surface area contributed by atoms with Crippen molar-refractivity contribution in [1.82, 2.24) is 0 Å². The standard InChI is InChI=1S/C15H19ClO6/c1-8-4-10(5-9(2)13(8)16)22-12(19)6-11(18)15(3,7-17)14(20)21/h4-5,11,17-18H,6-7H2,1-3H3,(H,20,21)/t11-,15+/m1/s1. The maximum absolute atomic E-state index is 11.8. The average molecular weight is 331 g/mol. The molecular weight excluding hydrogens is 312 g/mol. The van der Waals surface area contributed by atoms with Crippen molar-refractivity contribution in [2.75, 3.05) is 6.61 Å². The Labute approximate surface area is 133 Å². The van der Waals surface area contributed by atoms with E-state index in [0.717, 1.165) is 18.1 Å². The molecule has 0 fully saturated rings. The molecule has 0 aliphatic heterocycles. The number of aliphatic carboxylic acids is 1. The predicted octanol–water partition coefficient (Wildman–Crippen LogP) is 1.70. The number of carbonyl (C=O) groups excluding carboxylic acids is 1. The van der Waals surface area contributed by atoms with Crippen LogP contribution < -0.4 is 4.74 Å². The number of hydrogen-bond donors (Lipinski definition) is 3. The lowest BCUT2D eigenvalue weighted by Crippen LogP contribution is -2.44. The van der Waals surface area contributed by atoms with Gasteiger partial charge < -0.3 is 20.1 Å². The summed E-state index contributed by atoms with van der Waals surface area (Å²) in [5, 5.41) is 28.6. The molecule has 0 bridgehead atoms. The first-order valence-corrected chi connectivity index (χ1v) is 6.99. The zero-order valence-electron chi connectivity index (χ0n) is 12.6. The van der Waals surface area contributed by atoms with Crippen LogP contribution in [-0.2, 0) is 9.59 Å². The lowest BCUT2D eigenvalue weighted by Gasteiger charge is -2.27. The number of rotatable bonds is 6. The molecule has 0 heterocycles. The Morgan fingerprint density at radius 2 is 1.82 bits per heavy atom. The molecule has 7 heteroatoms. The Morgan fingerprint density at radius 3 is 2.23 bits per heavy atom. The smallest absolute Gasteiger partial charge is 0.314 e. The Bertz CT molecular complexity index is 562. The van der Waals surface area contributed by atoms with Crippen molar-refractivity contribution in [3.63, 3.8) is 0 Å². The molecule has 22 heavy (non-hydrogen) atoms. The molecule has 122 valence electrons. The van der Waals surface area contributed by atoms with Gasteiger partial charge in [-0.2, -0.15) is 0 Å². The van der Waals surface area contributed by atoms with Crippen LogP contribution in [0.2, 0.25) is 5.02 Å². The molecule has 1 rings (SSSR count). The van der Waals surface area contributed by atoms with Crippen LogP contribution in [0.5, 0.6) is 5.75 Å². The fraction of sp³-hybridized carbons (Fsp3) is 0.467. The van der Waals surface area contributed by atoms with Gasteiger partial charge in [0, 0.05) is 5.02 Å². The minimum Gasteiger partial charge on any atom is -0.481 e. The lowest BCUT2D eigenvalue weighted by molar-refractivity contribution is -0.160. The average Bonchev–Trinajstić information content (AvgIpc) is 2.43. The van der Waals surface area contributed by atoms with Gasteiger partial charge in [-0.3, -0.25) is 9.59 Å². The fourth-order valence-corrected chi connectivity index (χ4v) is 1.95.